The first kappa shape index (κ1) is 11.2. The number of rotatable bonds is 6. The van der Waals surface area contributed by atoms with Crippen molar-refractivity contribution in [3.63, 3.8) is 0 Å². The van der Waals surface area contributed by atoms with Crippen LogP contribution in [0.4, 0.5) is 0 Å². The van der Waals surface area contributed by atoms with Gasteiger partial charge in [0.15, 0.2) is 5.78 Å². The summed E-state index contributed by atoms with van der Waals surface area (Å²) in [7, 11) is 0. The molecule has 0 spiro atoms. The van der Waals surface area contributed by atoms with Crippen LogP contribution in [0.1, 0.15) is 39.5 Å². The second kappa shape index (κ2) is 6.84. The molecular formula is C11H18O. The van der Waals surface area contributed by atoms with Gasteiger partial charge in [0.1, 0.15) is 0 Å². The molecule has 0 aromatic rings. The highest BCUT2D eigenvalue weighted by atomic mass is 16.1. The summed E-state index contributed by atoms with van der Waals surface area (Å²) in [6.07, 6.45) is 6.92. The van der Waals surface area contributed by atoms with Crippen LogP contribution in [0.3, 0.4) is 0 Å². The molecule has 0 aromatic heterocycles. The zero-order valence-electron chi connectivity index (χ0n) is 8.10. The first-order valence-corrected chi connectivity index (χ1v) is 4.57. The van der Waals surface area contributed by atoms with E-state index in [0.29, 0.717) is 6.42 Å². The molecule has 0 rings (SSSR count). The number of carbonyl (C=O) groups is 1. The van der Waals surface area contributed by atoms with Crippen LogP contribution in [0.15, 0.2) is 24.3 Å². The van der Waals surface area contributed by atoms with Crippen LogP contribution in [-0.4, -0.2) is 5.78 Å². The van der Waals surface area contributed by atoms with E-state index in [1.54, 1.807) is 12.2 Å². The van der Waals surface area contributed by atoms with E-state index in [4.69, 9.17) is 0 Å². The lowest BCUT2D eigenvalue weighted by Gasteiger charge is -1.98. The predicted octanol–water partition coefficient (Wildman–Crippen LogP) is 3.27. The van der Waals surface area contributed by atoms with Crippen LogP contribution in [0.25, 0.3) is 0 Å². The van der Waals surface area contributed by atoms with Gasteiger partial charge >= 0.3 is 0 Å². The highest BCUT2D eigenvalue weighted by Crippen LogP contribution is 2.06. The van der Waals surface area contributed by atoms with Crippen molar-refractivity contribution in [3.8, 4) is 0 Å². The normalized spacial score (nSPS) is 9.17. The monoisotopic (exact) mass is 166 g/mol. The summed E-state index contributed by atoms with van der Waals surface area (Å²) in [6.45, 7) is 7.74. The summed E-state index contributed by atoms with van der Waals surface area (Å²) in [5.41, 5.74) is 1.24. The van der Waals surface area contributed by atoms with Gasteiger partial charge in [0.2, 0.25) is 0 Å². The molecule has 0 aliphatic rings. The maximum atomic E-state index is 11.2. The topological polar surface area (TPSA) is 17.1 Å². The zero-order chi connectivity index (χ0) is 9.40. The molecule has 0 N–H and O–H groups in total. The molecule has 0 aromatic carbocycles. The van der Waals surface area contributed by atoms with Gasteiger partial charge in [-0.15, -0.1) is 6.58 Å². The molecule has 0 fully saturated rings. The minimum absolute atomic E-state index is 0.230. The van der Waals surface area contributed by atoms with Gasteiger partial charge in [0, 0.05) is 6.42 Å². The van der Waals surface area contributed by atoms with Crippen molar-refractivity contribution in [1.29, 1.82) is 0 Å². The Hall–Kier alpha value is -0.850. The Kier molecular flexibility index (Phi) is 6.35. The maximum absolute atomic E-state index is 11.2. The molecule has 0 atom stereocenters. The third-order valence-electron chi connectivity index (χ3n) is 1.87. The Labute approximate surface area is 75.2 Å². The van der Waals surface area contributed by atoms with Crippen molar-refractivity contribution in [2.75, 3.05) is 0 Å². The summed E-state index contributed by atoms with van der Waals surface area (Å²) in [4.78, 5) is 11.2. The third-order valence-corrected chi connectivity index (χ3v) is 1.87. The molecule has 0 heterocycles. The molecule has 1 heteroatoms. The highest BCUT2D eigenvalue weighted by molar-refractivity contribution is 5.90. The lowest BCUT2D eigenvalue weighted by Crippen LogP contribution is -1.93. The minimum Gasteiger partial charge on any atom is -0.295 e. The number of hydrogen-bond donors (Lipinski definition) is 0. The number of hydrogen-bond acceptors (Lipinski definition) is 1. The molecule has 1 nitrogen and oxygen atoms in total. The third kappa shape index (κ3) is 4.89. The fraction of sp³-hybridized carbons (Fsp3) is 0.545. The van der Waals surface area contributed by atoms with Gasteiger partial charge in [-0.3, -0.25) is 4.79 Å². The van der Waals surface area contributed by atoms with Crippen LogP contribution in [0.5, 0.6) is 0 Å². The van der Waals surface area contributed by atoms with E-state index in [2.05, 4.69) is 20.4 Å². The van der Waals surface area contributed by atoms with E-state index in [1.165, 1.54) is 5.57 Å². The molecule has 0 aliphatic carbocycles. The van der Waals surface area contributed by atoms with E-state index < -0.39 is 0 Å². The number of ketones is 1. The molecule has 0 aliphatic heterocycles. The van der Waals surface area contributed by atoms with Crippen molar-refractivity contribution in [2.24, 2.45) is 0 Å². The van der Waals surface area contributed by atoms with Gasteiger partial charge in [-0.25, -0.2) is 0 Å². The Balaban J connectivity index is 3.93. The SMILES string of the molecule is C=CCCC(=O)C=C(CC)CC. The summed E-state index contributed by atoms with van der Waals surface area (Å²) < 4.78 is 0. The van der Waals surface area contributed by atoms with Gasteiger partial charge < -0.3 is 0 Å². The first-order chi connectivity index (χ1) is 5.74. The fourth-order valence-electron chi connectivity index (χ4n) is 0.998. The van der Waals surface area contributed by atoms with Crippen LogP contribution in [-0.2, 0) is 4.79 Å². The van der Waals surface area contributed by atoms with E-state index in [-0.39, 0.29) is 5.78 Å². The molecule has 0 saturated carbocycles. The lowest BCUT2D eigenvalue weighted by molar-refractivity contribution is -0.114. The molecule has 0 saturated heterocycles. The van der Waals surface area contributed by atoms with Crippen LogP contribution in [0, 0.1) is 0 Å². The van der Waals surface area contributed by atoms with E-state index in [1.807, 2.05) is 0 Å². The standard InChI is InChI=1S/C11H18O/c1-4-7-8-11(12)9-10(5-2)6-3/h4,9H,1,5-8H2,2-3H3. The maximum Gasteiger partial charge on any atom is 0.155 e. The van der Waals surface area contributed by atoms with Crippen LogP contribution >= 0.6 is 0 Å². The first-order valence-electron chi connectivity index (χ1n) is 4.57. The quantitative estimate of drug-likeness (QED) is 0.437. The zero-order valence-corrected chi connectivity index (χ0v) is 8.10. The fourth-order valence-corrected chi connectivity index (χ4v) is 0.998. The van der Waals surface area contributed by atoms with Crippen molar-refractivity contribution < 1.29 is 4.79 Å². The number of allylic oxidation sites excluding steroid dienone is 3. The molecule has 0 bridgehead atoms. The van der Waals surface area contributed by atoms with Crippen molar-refractivity contribution in [3.05, 3.63) is 24.3 Å². The van der Waals surface area contributed by atoms with Crippen molar-refractivity contribution in [2.45, 2.75) is 39.5 Å². The predicted molar refractivity (Wildman–Crippen MR) is 53.1 cm³/mol. The van der Waals surface area contributed by atoms with E-state index in [0.717, 1.165) is 19.3 Å². The molecule has 0 amide bonds. The molecule has 12 heavy (non-hydrogen) atoms. The second-order valence-corrected chi connectivity index (χ2v) is 2.80. The van der Waals surface area contributed by atoms with Gasteiger partial charge in [-0.2, -0.15) is 0 Å². The smallest absolute Gasteiger partial charge is 0.155 e. The Morgan fingerprint density at radius 1 is 1.33 bits per heavy atom. The summed E-state index contributed by atoms with van der Waals surface area (Å²) in [6, 6.07) is 0. The second-order valence-electron chi connectivity index (χ2n) is 2.80. The molecular weight excluding hydrogens is 148 g/mol. The van der Waals surface area contributed by atoms with Crippen molar-refractivity contribution >= 4 is 5.78 Å². The summed E-state index contributed by atoms with van der Waals surface area (Å²) >= 11 is 0. The Bertz CT molecular complexity index is 171. The van der Waals surface area contributed by atoms with E-state index in [9.17, 15) is 4.79 Å². The Morgan fingerprint density at radius 3 is 2.33 bits per heavy atom. The van der Waals surface area contributed by atoms with Crippen LogP contribution in [0.2, 0.25) is 0 Å². The largest absolute Gasteiger partial charge is 0.295 e. The summed E-state index contributed by atoms with van der Waals surface area (Å²) in [5, 5.41) is 0. The Morgan fingerprint density at radius 2 is 1.92 bits per heavy atom. The van der Waals surface area contributed by atoms with Crippen LogP contribution < -0.4 is 0 Å². The molecule has 0 radical (unpaired) electrons. The van der Waals surface area contributed by atoms with Gasteiger partial charge in [-0.1, -0.05) is 25.5 Å². The minimum atomic E-state index is 0.230. The van der Waals surface area contributed by atoms with Gasteiger partial charge in [-0.05, 0) is 25.3 Å². The molecule has 0 unspecified atom stereocenters. The molecule has 68 valence electrons. The summed E-state index contributed by atoms with van der Waals surface area (Å²) in [5.74, 6) is 0.230. The average molecular weight is 166 g/mol. The number of carbonyl (C=O) groups excluding carboxylic acids is 1. The van der Waals surface area contributed by atoms with Gasteiger partial charge in [0.25, 0.3) is 0 Å². The van der Waals surface area contributed by atoms with E-state index >= 15 is 0 Å². The highest BCUT2D eigenvalue weighted by Gasteiger charge is 1.97. The van der Waals surface area contributed by atoms with Crippen molar-refractivity contribution in [1.82, 2.24) is 0 Å². The lowest BCUT2D eigenvalue weighted by atomic mass is 10.1. The van der Waals surface area contributed by atoms with Gasteiger partial charge in [0.05, 0.1) is 0 Å². The average Bonchev–Trinajstić information content (AvgIpc) is 2.10.